The van der Waals surface area contributed by atoms with E-state index in [1.807, 2.05) is 0 Å². The van der Waals surface area contributed by atoms with Crippen molar-refractivity contribution in [2.24, 2.45) is 5.14 Å². The van der Waals surface area contributed by atoms with E-state index in [1.54, 1.807) is 6.92 Å². The van der Waals surface area contributed by atoms with Gasteiger partial charge in [-0.2, -0.15) is 9.78 Å². The van der Waals surface area contributed by atoms with Gasteiger partial charge >= 0.3 is 5.97 Å². The molecule has 10 heteroatoms. The van der Waals surface area contributed by atoms with Crippen LogP contribution in [0.4, 0.5) is 0 Å². The van der Waals surface area contributed by atoms with Gasteiger partial charge in [0, 0.05) is 12.4 Å². The zero-order valence-electron chi connectivity index (χ0n) is 10.4. The second kappa shape index (κ2) is 5.35. The number of sulfonamides is 1. The summed E-state index contributed by atoms with van der Waals surface area (Å²) in [5, 5.41) is 8.45. The number of carbonyl (C=O) groups excluding carboxylic acids is 1. The molecule has 106 valence electrons. The highest BCUT2D eigenvalue weighted by Crippen LogP contribution is 2.18. The minimum Gasteiger partial charge on any atom is -0.462 e. The molecule has 0 unspecified atom stereocenters. The maximum Gasteiger partial charge on any atom is 0.342 e. The number of hydrogen-bond acceptors (Lipinski definition) is 7. The molecule has 0 radical (unpaired) electrons. The molecule has 2 rings (SSSR count). The third kappa shape index (κ3) is 2.65. The minimum atomic E-state index is -4.20. The summed E-state index contributed by atoms with van der Waals surface area (Å²) in [5.41, 5.74) is -0.250. The second-order valence-electron chi connectivity index (χ2n) is 3.60. The lowest BCUT2D eigenvalue weighted by atomic mass is 10.4. The lowest BCUT2D eigenvalue weighted by molar-refractivity contribution is 0.0521. The van der Waals surface area contributed by atoms with Crippen molar-refractivity contribution in [2.75, 3.05) is 6.61 Å². The van der Waals surface area contributed by atoms with Gasteiger partial charge in [-0.05, 0) is 6.92 Å². The molecule has 0 aliphatic carbocycles. The standard InChI is InChI=1S/C10H11N5O4S/c1-2-19-10(16)7-5-14-15(9(7)20(11,17)18)8-6-12-3-4-13-8/h3-6H,2H2,1H3,(H2,11,17,18). The summed E-state index contributed by atoms with van der Waals surface area (Å²) in [4.78, 5) is 19.4. The molecular weight excluding hydrogens is 286 g/mol. The Balaban J connectivity index is 2.64. The summed E-state index contributed by atoms with van der Waals surface area (Å²) in [6.07, 6.45) is 5.12. The van der Waals surface area contributed by atoms with Crippen LogP contribution < -0.4 is 5.14 Å². The number of esters is 1. The van der Waals surface area contributed by atoms with Gasteiger partial charge in [0.1, 0.15) is 5.56 Å². The highest BCUT2D eigenvalue weighted by atomic mass is 32.2. The Morgan fingerprint density at radius 2 is 2.15 bits per heavy atom. The van der Waals surface area contributed by atoms with Gasteiger partial charge in [0.15, 0.2) is 10.8 Å². The van der Waals surface area contributed by atoms with Crippen molar-refractivity contribution in [3.8, 4) is 5.82 Å². The van der Waals surface area contributed by atoms with Crippen LogP contribution in [-0.2, 0) is 14.8 Å². The Morgan fingerprint density at radius 1 is 1.40 bits per heavy atom. The van der Waals surface area contributed by atoms with E-state index in [-0.39, 0.29) is 18.0 Å². The quantitative estimate of drug-likeness (QED) is 0.752. The van der Waals surface area contributed by atoms with Crippen molar-refractivity contribution in [3.05, 3.63) is 30.4 Å². The maximum atomic E-state index is 11.7. The smallest absolute Gasteiger partial charge is 0.342 e. The van der Waals surface area contributed by atoms with Gasteiger partial charge in [-0.1, -0.05) is 0 Å². The van der Waals surface area contributed by atoms with E-state index in [4.69, 9.17) is 9.88 Å². The molecule has 0 amide bonds. The van der Waals surface area contributed by atoms with Crippen molar-refractivity contribution in [3.63, 3.8) is 0 Å². The molecule has 2 heterocycles. The molecule has 0 spiro atoms. The molecule has 0 atom stereocenters. The molecule has 0 aliphatic heterocycles. The topological polar surface area (TPSA) is 130 Å². The number of carbonyl (C=O) groups is 1. The van der Waals surface area contributed by atoms with Crippen LogP contribution in [0.15, 0.2) is 29.8 Å². The third-order valence-corrected chi connectivity index (χ3v) is 3.19. The molecule has 0 aromatic carbocycles. The Morgan fingerprint density at radius 3 is 2.70 bits per heavy atom. The minimum absolute atomic E-state index is 0.0964. The van der Waals surface area contributed by atoms with Gasteiger partial charge in [0.05, 0.1) is 19.0 Å². The van der Waals surface area contributed by atoms with Gasteiger partial charge in [0.25, 0.3) is 10.0 Å². The fraction of sp³-hybridized carbons (Fsp3) is 0.200. The maximum absolute atomic E-state index is 11.7. The van der Waals surface area contributed by atoms with E-state index in [0.717, 1.165) is 10.9 Å². The Kier molecular flexibility index (Phi) is 3.77. The zero-order valence-corrected chi connectivity index (χ0v) is 11.2. The largest absolute Gasteiger partial charge is 0.462 e. The highest BCUT2D eigenvalue weighted by molar-refractivity contribution is 7.89. The van der Waals surface area contributed by atoms with E-state index >= 15 is 0 Å². The van der Waals surface area contributed by atoms with Crippen molar-refractivity contribution in [1.29, 1.82) is 0 Å². The number of ether oxygens (including phenoxy) is 1. The molecular formula is C10H11N5O4S. The van der Waals surface area contributed by atoms with Crippen LogP contribution in [0, 0.1) is 0 Å². The van der Waals surface area contributed by atoms with Crippen LogP contribution >= 0.6 is 0 Å². The van der Waals surface area contributed by atoms with E-state index in [0.29, 0.717) is 0 Å². The first kappa shape index (κ1) is 14.1. The highest BCUT2D eigenvalue weighted by Gasteiger charge is 2.27. The van der Waals surface area contributed by atoms with E-state index in [9.17, 15) is 13.2 Å². The molecule has 0 saturated heterocycles. The summed E-state index contributed by atoms with van der Waals surface area (Å²) in [6.45, 7) is 1.70. The molecule has 0 saturated carbocycles. The average Bonchev–Trinajstić information content (AvgIpc) is 2.84. The van der Waals surface area contributed by atoms with Gasteiger partial charge < -0.3 is 4.74 Å². The zero-order chi connectivity index (χ0) is 14.8. The molecule has 2 N–H and O–H groups in total. The molecule has 0 bridgehead atoms. The predicted molar refractivity (Wildman–Crippen MR) is 66.5 cm³/mol. The first-order valence-electron chi connectivity index (χ1n) is 5.49. The average molecular weight is 297 g/mol. The Bertz CT molecular complexity index is 725. The second-order valence-corrected chi connectivity index (χ2v) is 5.08. The Hall–Kier alpha value is -2.33. The van der Waals surface area contributed by atoms with E-state index < -0.39 is 21.0 Å². The fourth-order valence-electron chi connectivity index (χ4n) is 1.52. The first-order valence-corrected chi connectivity index (χ1v) is 7.04. The molecule has 2 aromatic heterocycles. The van der Waals surface area contributed by atoms with Crippen molar-refractivity contribution in [1.82, 2.24) is 19.7 Å². The SMILES string of the molecule is CCOC(=O)c1cnn(-c2cnccn2)c1S(N)(=O)=O. The molecule has 2 aromatic rings. The number of aromatic nitrogens is 4. The van der Waals surface area contributed by atoms with Crippen LogP contribution in [0.5, 0.6) is 0 Å². The number of rotatable bonds is 4. The van der Waals surface area contributed by atoms with Crippen LogP contribution in [0.1, 0.15) is 17.3 Å². The molecule has 9 nitrogen and oxygen atoms in total. The monoisotopic (exact) mass is 297 g/mol. The molecule has 20 heavy (non-hydrogen) atoms. The van der Waals surface area contributed by atoms with Crippen LogP contribution in [0.3, 0.4) is 0 Å². The molecule has 0 fully saturated rings. The van der Waals surface area contributed by atoms with Crippen LogP contribution in [0.2, 0.25) is 0 Å². The summed E-state index contributed by atoms with van der Waals surface area (Å²) in [5.74, 6) is -0.710. The van der Waals surface area contributed by atoms with Crippen LogP contribution in [-0.4, -0.2) is 40.7 Å². The number of nitrogens with two attached hydrogens (primary N) is 1. The third-order valence-electron chi connectivity index (χ3n) is 2.26. The van der Waals surface area contributed by atoms with Gasteiger partial charge in [0.2, 0.25) is 0 Å². The van der Waals surface area contributed by atoms with Crippen molar-refractivity contribution >= 4 is 16.0 Å². The number of primary sulfonamides is 1. The lowest BCUT2D eigenvalue weighted by Crippen LogP contribution is -2.21. The predicted octanol–water partition coefficient (Wildman–Crippen LogP) is -0.514. The summed E-state index contributed by atoms with van der Waals surface area (Å²) >= 11 is 0. The summed E-state index contributed by atoms with van der Waals surface area (Å²) in [6, 6.07) is 0. The normalized spacial score (nSPS) is 11.3. The number of nitrogens with zero attached hydrogens (tertiary/aromatic N) is 4. The van der Waals surface area contributed by atoms with Crippen LogP contribution in [0.25, 0.3) is 5.82 Å². The Labute approximate surface area is 114 Å². The van der Waals surface area contributed by atoms with Crippen molar-refractivity contribution in [2.45, 2.75) is 11.9 Å². The lowest BCUT2D eigenvalue weighted by Gasteiger charge is -2.06. The molecule has 0 aliphatic rings. The van der Waals surface area contributed by atoms with Gasteiger partial charge in [-0.25, -0.2) is 23.3 Å². The van der Waals surface area contributed by atoms with E-state index in [2.05, 4.69) is 15.1 Å². The summed E-state index contributed by atoms with van der Waals surface area (Å²) < 4.78 is 29.0. The fourth-order valence-corrected chi connectivity index (χ4v) is 2.35. The van der Waals surface area contributed by atoms with Gasteiger partial charge in [-0.15, -0.1) is 0 Å². The van der Waals surface area contributed by atoms with Crippen molar-refractivity contribution < 1.29 is 17.9 Å². The summed E-state index contributed by atoms with van der Waals surface area (Å²) in [7, 11) is -4.20. The first-order chi connectivity index (χ1) is 9.45. The van der Waals surface area contributed by atoms with E-state index in [1.165, 1.54) is 18.6 Å². The number of hydrogen-bond donors (Lipinski definition) is 1. The van der Waals surface area contributed by atoms with Gasteiger partial charge in [-0.3, -0.25) is 4.98 Å².